The highest BCUT2D eigenvalue weighted by Gasteiger charge is 2.30. The van der Waals surface area contributed by atoms with Gasteiger partial charge >= 0.3 is 0 Å². The molecule has 0 bridgehead atoms. The average molecular weight is 431 g/mol. The lowest BCUT2D eigenvalue weighted by molar-refractivity contribution is -0.116. The van der Waals surface area contributed by atoms with Crippen molar-refractivity contribution in [2.75, 3.05) is 36.0 Å². The van der Waals surface area contributed by atoms with Gasteiger partial charge in [0.25, 0.3) is 0 Å². The molecule has 0 saturated heterocycles. The van der Waals surface area contributed by atoms with Crippen LogP contribution in [0.3, 0.4) is 0 Å². The molecule has 7 nitrogen and oxygen atoms in total. The van der Waals surface area contributed by atoms with Gasteiger partial charge in [-0.05, 0) is 36.6 Å². The molecule has 0 fully saturated rings. The van der Waals surface area contributed by atoms with Crippen LogP contribution in [-0.2, 0) is 31.1 Å². The van der Waals surface area contributed by atoms with E-state index >= 15 is 0 Å². The molecule has 0 aromatic heterocycles. The third-order valence-electron chi connectivity index (χ3n) is 4.99. The van der Waals surface area contributed by atoms with Crippen molar-refractivity contribution < 1.29 is 21.6 Å². The molecule has 1 aromatic carbocycles. The van der Waals surface area contributed by atoms with E-state index in [1.54, 1.807) is 26.0 Å². The van der Waals surface area contributed by atoms with E-state index in [9.17, 15) is 21.6 Å². The van der Waals surface area contributed by atoms with Crippen molar-refractivity contribution in [1.29, 1.82) is 0 Å². The molecule has 0 aliphatic carbocycles. The minimum absolute atomic E-state index is 0.0222. The molecule has 158 valence electrons. The molecule has 1 aliphatic rings. The minimum atomic E-state index is -3.57. The SMILES string of the molecule is CCCCCS(=O)(=O)CC(=O)N1CCc2cc(S(=O)(=O)N(CC)CC)ccc21. The Balaban J connectivity index is 2.18. The summed E-state index contributed by atoms with van der Waals surface area (Å²) in [6.07, 6.45) is 2.82. The van der Waals surface area contributed by atoms with Crippen LogP contribution in [0.25, 0.3) is 0 Å². The topological polar surface area (TPSA) is 91.8 Å². The highest BCUT2D eigenvalue weighted by atomic mass is 32.2. The largest absolute Gasteiger partial charge is 0.311 e. The first-order chi connectivity index (χ1) is 13.2. The van der Waals surface area contributed by atoms with Gasteiger partial charge in [0.05, 0.1) is 10.6 Å². The Kier molecular flexibility index (Phi) is 7.64. The highest BCUT2D eigenvalue weighted by Crippen LogP contribution is 2.31. The molecule has 1 aliphatic heterocycles. The van der Waals surface area contributed by atoms with Crippen LogP contribution >= 0.6 is 0 Å². The van der Waals surface area contributed by atoms with Crippen molar-refractivity contribution in [3.63, 3.8) is 0 Å². The number of hydrogen-bond donors (Lipinski definition) is 0. The fraction of sp³-hybridized carbons (Fsp3) is 0.632. The summed E-state index contributed by atoms with van der Waals surface area (Å²) in [5, 5.41) is 0. The first-order valence-electron chi connectivity index (χ1n) is 9.80. The summed E-state index contributed by atoms with van der Waals surface area (Å²) < 4.78 is 51.1. The van der Waals surface area contributed by atoms with Gasteiger partial charge in [0.1, 0.15) is 5.75 Å². The van der Waals surface area contributed by atoms with Crippen molar-refractivity contribution in [3.05, 3.63) is 23.8 Å². The molecular weight excluding hydrogens is 400 g/mol. The van der Waals surface area contributed by atoms with E-state index in [0.717, 1.165) is 18.4 Å². The molecular formula is C19H30N2O5S2. The predicted molar refractivity (Wildman–Crippen MR) is 111 cm³/mol. The van der Waals surface area contributed by atoms with Gasteiger partial charge in [-0.2, -0.15) is 4.31 Å². The third kappa shape index (κ3) is 5.12. The lowest BCUT2D eigenvalue weighted by atomic mass is 10.2. The van der Waals surface area contributed by atoms with Crippen molar-refractivity contribution in [2.45, 2.75) is 51.3 Å². The van der Waals surface area contributed by atoms with Gasteiger partial charge in [-0.25, -0.2) is 16.8 Å². The van der Waals surface area contributed by atoms with Crippen molar-refractivity contribution in [1.82, 2.24) is 4.31 Å². The van der Waals surface area contributed by atoms with Gasteiger partial charge in [0.2, 0.25) is 15.9 Å². The Morgan fingerprint density at radius 2 is 1.75 bits per heavy atom. The summed E-state index contributed by atoms with van der Waals surface area (Å²) in [5.74, 6) is -0.932. The summed E-state index contributed by atoms with van der Waals surface area (Å²) in [6.45, 7) is 6.71. The molecule has 0 N–H and O–H groups in total. The Hall–Kier alpha value is -1.45. The molecule has 1 heterocycles. The zero-order chi connectivity index (χ0) is 20.9. The second-order valence-corrected chi connectivity index (χ2v) is 11.1. The van der Waals surface area contributed by atoms with Crippen LogP contribution in [0, 0.1) is 0 Å². The number of anilines is 1. The highest BCUT2D eigenvalue weighted by molar-refractivity contribution is 7.92. The molecule has 1 amide bonds. The van der Waals surface area contributed by atoms with E-state index in [-0.39, 0.29) is 10.6 Å². The van der Waals surface area contributed by atoms with E-state index in [4.69, 9.17) is 0 Å². The average Bonchev–Trinajstić information content (AvgIpc) is 3.05. The number of rotatable bonds is 10. The Labute approximate surface area is 168 Å². The van der Waals surface area contributed by atoms with Gasteiger partial charge in [-0.1, -0.05) is 33.6 Å². The van der Waals surface area contributed by atoms with Crippen molar-refractivity contribution >= 4 is 31.5 Å². The molecule has 1 aromatic rings. The fourth-order valence-corrected chi connectivity index (χ4v) is 6.25. The van der Waals surface area contributed by atoms with Crippen LogP contribution in [0.1, 0.15) is 45.6 Å². The monoisotopic (exact) mass is 430 g/mol. The minimum Gasteiger partial charge on any atom is -0.311 e. The summed E-state index contributed by atoms with van der Waals surface area (Å²) >= 11 is 0. The Morgan fingerprint density at radius 1 is 1.07 bits per heavy atom. The second kappa shape index (κ2) is 9.37. The maximum absolute atomic E-state index is 12.7. The molecule has 0 unspecified atom stereocenters. The first-order valence-corrected chi connectivity index (χ1v) is 13.1. The number of sulfonamides is 1. The van der Waals surface area contributed by atoms with Gasteiger partial charge in [0.15, 0.2) is 9.84 Å². The summed E-state index contributed by atoms with van der Waals surface area (Å²) in [4.78, 5) is 14.2. The number of carbonyl (C=O) groups is 1. The summed E-state index contributed by atoms with van der Waals surface area (Å²) in [5.41, 5.74) is 1.36. The van der Waals surface area contributed by atoms with Gasteiger partial charge in [-0.3, -0.25) is 4.79 Å². The maximum Gasteiger partial charge on any atom is 0.243 e. The number of sulfone groups is 1. The third-order valence-corrected chi connectivity index (χ3v) is 8.64. The van der Waals surface area contributed by atoms with E-state index in [1.807, 2.05) is 6.92 Å². The lowest BCUT2D eigenvalue weighted by Gasteiger charge is -2.20. The number of carbonyl (C=O) groups excluding carboxylic acids is 1. The van der Waals surface area contributed by atoms with E-state index < -0.39 is 31.5 Å². The normalized spacial score (nSPS) is 14.5. The molecule has 2 rings (SSSR count). The van der Waals surface area contributed by atoms with E-state index in [1.165, 1.54) is 15.3 Å². The zero-order valence-corrected chi connectivity index (χ0v) is 18.5. The number of unbranched alkanes of at least 4 members (excludes halogenated alkanes) is 2. The number of hydrogen-bond acceptors (Lipinski definition) is 5. The summed E-state index contributed by atoms with van der Waals surface area (Å²) in [6, 6.07) is 4.71. The standard InChI is InChI=1S/C19H30N2O5S2/c1-4-7-8-13-27(23,24)15-19(22)21-12-11-16-14-17(9-10-18(16)21)28(25,26)20(5-2)6-3/h9-10,14H,4-8,11-13,15H2,1-3H3. The van der Waals surface area contributed by atoms with Crippen LogP contribution in [0.5, 0.6) is 0 Å². The Morgan fingerprint density at radius 3 is 2.36 bits per heavy atom. The molecule has 0 spiro atoms. The Bertz CT molecular complexity index is 906. The van der Waals surface area contributed by atoms with Gasteiger partial charge in [0, 0.05) is 25.3 Å². The van der Waals surface area contributed by atoms with Crippen molar-refractivity contribution in [2.24, 2.45) is 0 Å². The number of nitrogens with zero attached hydrogens (tertiary/aromatic N) is 2. The molecule has 0 radical (unpaired) electrons. The van der Waals surface area contributed by atoms with Gasteiger partial charge < -0.3 is 4.90 Å². The van der Waals surface area contributed by atoms with Gasteiger partial charge in [-0.15, -0.1) is 0 Å². The van der Waals surface area contributed by atoms with Crippen LogP contribution in [0.15, 0.2) is 23.1 Å². The van der Waals surface area contributed by atoms with Crippen LogP contribution in [-0.4, -0.2) is 58.2 Å². The quantitative estimate of drug-likeness (QED) is 0.531. The smallest absolute Gasteiger partial charge is 0.243 e. The number of fused-ring (bicyclic) bond motifs is 1. The van der Waals surface area contributed by atoms with Crippen LogP contribution < -0.4 is 4.90 Å². The predicted octanol–water partition coefficient (Wildman–Crippen LogP) is 2.21. The molecule has 9 heteroatoms. The summed E-state index contributed by atoms with van der Waals surface area (Å²) in [7, 11) is -7.00. The maximum atomic E-state index is 12.7. The van der Waals surface area contributed by atoms with Crippen LogP contribution in [0.2, 0.25) is 0 Å². The van der Waals surface area contributed by atoms with Crippen LogP contribution in [0.4, 0.5) is 5.69 Å². The lowest BCUT2D eigenvalue weighted by Crippen LogP contribution is -2.35. The second-order valence-electron chi connectivity index (χ2n) is 6.97. The number of amides is 1. The van der Waals surface area contributed by atoms with E-state index in [0.29, 0.717) is 38.2 Å². The first kappa shape index (κ1) is 22.8. The molecule has 0 atom stereocenters. The molecule has 28 heavy (non-hydrogen) atoms. The van der Waals surface area contributed by atoms with Crippen molar-refractivity contribution in [3.8, 4) is 0 Å². The molecule has 0 saturated carbocycles. The van der Waals surface area contributed by atoms with E-state index in [2.05, 4.69) is 0 Å². The fourth-order valence-electron chi connectivity index (χ4n) is 3.42. The zero-order valence-electron chi connectivity index (χ0n) is 16.8. The number of benzene rings is 1.